The predicted octanol–water partition coefficient (Wildman–Crippen LogP) is 3.02. The largest absolute Gasteiger partial charge is 0.310 e. The second-order valence-electron chi connectivity index (χ2n) is 5.05. The van der Waals surface area contributed by atoms with Gasteiger partial charge in [-0.3, -0.25) is 15.1 Å². The highest BCUT2D eigenvalue weighted by molar-refractivity contribution is 5.91. The van der Waals surface area contributed by atoms with E-state index in [4.69, 9.17) is 0 Å². The maximum atomic E-state index is 11.7. The molecule has 0 unspecified atom stereocenters. The average Bonchev–Trinajstić information content (AvgIpc) is 2.91. The third kappa shape index (κ3) is 2.98. The molecule has 1 N–H and O–H groups in total. The standard InChI is InChI=1S/C17H18N4O/c1-2-16(22)20-17-19-14-8-3-4-9-15(14)21(17)12-10-13-7-5-6-11-18-13/h3-9,11H,2,10,12H2,1H3,(H,19,20,22). The maximum absolute atomic E-state index is 11.7. The van der Waals surface area contributed by atoms with Crippen LogP contribution in [-0.4, -0.2) is 20.4 Å². The quantitative estimate of drug-likeness (QED) is 0.787. The van der Waals surface area contributed by atoms with E-state index in [1.807, 2.05) is 54.0 Å². The first-order valence-corrected chi connectivity index (χ1v) is 7.43. The highest BCUT2D eigenvalue weighted by atomic mass is 16.1. The number of para-hydroxylation sites is 2. The van der Waals surface area contributed by atoms with Crippen molar-refractivity contribution in [3.8, 4) is 0 Å². The monoisotopic (exact) mass is 294 g/mol. The van der Waals surface area contributed by atoms with E-state index in [0.717, 1.165) is 29.7 Å². The number of aromatic nitrogens is 3. The second-order valence-corrected chi connectivity index (χ2v) is 5.05. The van der Waals surface area contributed by atoms with Crippen molar-refractivity contribution in [3.05, 3.63) is 54.4 Å². The number of rotatable bonds is 5. The van der Waals surface area contributed by atoms with E-state index in [-0.39, 0.29) is 5.91 Å². The highest BCUT2D eigenvalue weighted by Crippen LogP contribution is 2.20. The van der Waals surface area contributed by atoms with Crippen LogP contribution in [0, 0.1) is 0 Å². The van der Waals surface area contributed by atoms with Gasteiger partial charge in [0.15, 0.2) is 0 Å². The molecule has 5 heteroatoms. The summed E-state index contributed by atoms with van der Waals surface area (Å²) in [7, 11) is 0. The van der Waals surface area contributed by atoms with Crippen molar-refractivity contribution in [3.63, 3.8) is 0 Å². The number of benzene rings is 1. The van der Waals surface area contributed by atoms with Crippen molar-refractivity contribution in [2.45, 2.75) is 26.3 Å². The summed E-state index contributed by atoms with van der Waals surface area (Å²) in [6.45, 7) is 2.55. The molecule has 0 atom stereocenters. The lowest BCUT2D eigenvalue weighted by molar-refractivity contribution is -0.115. The molecule has 0 bridgehead atoms. The Labute approximate surface area is 129 Å². The predicted molar refractivity (Wildman–Crippen MR) is 86.6 cm³/mol. The summed E-state index contributed by atoms with van der Waals surface area (Å²) in [6.07, 6.45) is 3.01. The van der Waals surface area contributed by atoms with Crippen LogP contribution in [0.15, 0.2) is 48.7 Å². The highest BCUT2D eigenvalue weighted by Gasteiger charge is 2.12. The van der Waals surface area contributed by atoms with Gasteiger partial charge in [-0.2, -0.15) is 0 Å². The minimum atomic E-state index is -0.0330. The Morgan fingerprint density at radius 2 is 2.00 bits per heavy atom. The molecule has 0 saturated heterocycles. The molecule has 0 saturated carbocycles. The number of anilines is 1. The molecule has 0 radical (unpaired) electrons. The molecule has 1 amide bonds. The first-order valence-electron chi connectivity index (χ1n) is 7.43. The first-order chi connectivity index (χ1) is 10.8. The van der Waals surface area contributed by atoms with Gasteiger partial charge in [0.25, 0.3) is 0 Å². The number of amides is 1. The lowest BCUT2D eigenvalue weighted by Crippen LogP contribution is -2.15. The van der Waals surface area contributed by atoms with Gasteiger partial charge in [-0.05, 0) is 24.3 Å². The molecule has 5 nitrogen and oxygen atoms in total. The molecule has 1 aromatic carbocycles. The van der Waals surface area contributed by atoms with Crippen molar-refractivity contribution in [1.82, 2.24) is 14.5 Å². The molecule has 2 aromatic heterocycles. The SMILES string of the molecule is CCC(=O)Nc1nc2ccccc2n1CCc1ccccn1. The zero-order chi connectivity index (χ0) is 15.4. The summed E-state index contributed by atoms with van der Waals surface area (Å²) in [6, 6.07) is 13.8. The molecular formula is C17H18N4O. The number of nitrogens with one attached hydrogen (secondary N) is 1. The number of imidazole rings is 1. The van der Waals surface area contributed by atoms with Crippen LogP contribution >= 0.6 is 0 Å². The first kappa shape index (κ1) is 14.3. The minimum absolute atomic E-state index is 0.0330. The molecular weight excluding hydrogens is 276 g/mol. The normalized spacial score (nSPS) is 10.8. The smallest absolute Gasteiger partial charge is 0.226 e. The second kappa shape index (κ2) is 6.39. The van der Waals surface area contributed by atoms with Gasteiger partial charge < -0.3 is 4.57 Å². The zero-order valence-corrected chi connectivity index (χ0v) is 12.5. The van der Waals surface area contributed by atoms with Crippen LogP contribution in [0.4, 0.5) is 5.95 Å². The number of pyridine rings is 1. The molecule has 22 heavy (non-hydrogen) atoms. The van der Waals surface area contributed by atoms with Gasteiger partial charge in [-0.1, -0.05) is 25.1 Å². The van der Waals surface area contributed by atoms with Crippen LogP contribution in [0.1, 0.15) is 19.0 Å². The van der Waals surface area contributed by atoms with Crippen LogP contribution in [-0.2, 0) is 17.8 Å². The van der Waals surface area contributed by atoms with Crippen LogP contribution in [0.5, 0.6) is 0 Å². The van der Waals surface area contributed by atoms with Gasteiger partial charge in [0.2, 0.25) is 11.9 Å². The molecule has 3 aromatic rings. The molecule has 0 spiro atoms. The fraction of sp³-hybridized carbons (Fsp3) is 0.235. The molecule has 0 aliphatic heterocycles. The zero-order valence-electron chi connectivity index (χ0n) is 12.5. The van der Waals surface area contributed by atoms with Crippen LogP contribution in [0.3, 0.4) is 0 Å². The molecule has 112 valence electrons. The average molecular weight is 294 g/mol. The van der Waals surface area contributed by atoms with Gasteiger partial charge in [-0.25, -0.2) is 4.98 Å². The van der Waals surface area contributed by atoms with Gasteiger partial charge in [0, 0.05) is 31.3 Å². The summed E-state index contributed by atoms with van der Waals surface area (Å²) in [4.78, 5) is 20.6. The summed E-state index contributed by atoms with van der Waals surface area (Å²) < 4.78 is 2.04. The molecule has 0 aliphatic carbocycles. The number of hydrogen-bond acceptors (Lipinski definition) is 3. The fourth-order valence-electron chi connectivity index (χ4n) is 2.38. The lowest BCUT2D eigenvalue weighted by atomic mass is 10.2. The van der Waals surface area contributed by atoms with Crippen LogP contribution in [0.25, 0.3) is 11.0 Å². The van der Waals surface area contributed by atoms with E-state index in [9.17, 15) is 4.79 Å². The fourth-order valence-corrected chi connectivity index (χ4v) is 2.38. The summed E-state index contributed by atoms with van der Waals surface area (Å²) >= 11 is 0. The van der Waals surface area contributed by atoms with Crippen molar-refractivity contribution < 1.29 is 4.79 Å². The number of carbonyl (C=O) groups is 1. The maximum Gasteiger partial charge on any atom is 0.226 e. The third-order valence-electron chi connectivity index (χ3n) is 3.54. The van der Waals surface area contributed by atoms with E-state index in [2.05, 4.69) is 15.3 Å². The molecule has 2 heterocycles. The van der Waals surface area contributed by atoms with Crippen molar-refractivity contribution >= 4 is 22.9 Å². The van der Waals surface area contributed by atoms with Gasteiger partial charge >= 0.3 is 0 Å². The van der Waals surface area contributed by atoms with Crippen LogP contribution < -0.4 is 5.32 Å². The summed E-state index contributed by atoms with van der Waals surface area (Å²) in [5.41, 5.74) is 2.92. The molecule has 3 rings (SSSR count). The number of hydrogen-bond donors (Lipinski definition) is 1. The Bertz CT molecular complexity index is 780. The van der Waals surface area contributed by atoms with Gasteiger partial charge in [-0.15, -0.1) is 0 Å². The van der Waals surface area contributed by atoms with E-state index >= 15 is 0 Å². The Kier molecular flexibility index (Phi) is 4.14. The Hall–Kier alpha value is -2.69. The van der Waals surface area contributed by atoms with E-state index in [1.165, 1.54) is 0 Å². The number of nitrogens with zero attached hydrogens (tertiary/aromatic N) is 3. The summed E-state index contributed by atoms with van der Waals surface area (Å²) in [5.74, 6) is 0.568. The van der Waals surface area contributed by atoms with Crippen molar-refractivity contribution in [2.24, 2.45) is 0 Å². The Morgan fingerprint density at radius 1 is 1.18 bits per heavy atom. The number of aryl methyl sites for hydroxylation is 2. The van der Waals surface area contributed by atoms with Crippen LogP contribution in [0.2, 0.25) is 0 Å². The molecule has 0 aliphatic rings. The lowest BCUT2D eigenvalue weighted by Gasteiger charge is -2.09. The van der Waals surface area contributed by atoms with E-state index in [1.54, 1.807) is 6.20 Å². The van der Waals surface area contributed by atoms with E-state index < -0.39 is 0 Å². The van der Waals surface area contributed by atoms with E-state index in [0.29, 0.717) is 12.4 Å². The van der Waals surface area contributed by atoms with Gasteiger partial charge in [0.05, 0.1) is 11.0 Å². The Balaban J connectivity index is 1.91. The topological polar surface area (TPSA) is 59.8 Å². The number of carbonyl (C=O) groups excluding carboxylic acids is 1. The minimum Gasteiger partial charge on any atom is -0.310 e. The molecule has 0 fully saturated rings. The summed E-state index contributed by atoms with van der Waals surface area (Å²) in [5, 5.41) is 2.88. The van der Waals surface area contributed by atoms with Crippen molar-refractivity contribution in [1.29, 1.82) is 0 Å². The van der Waals surface area contributed by atoms with Crippen molar-refractivity contribution in [2.75, 3.05) is 5.32 Å². The number of fused-ring (bicyclic) bond motifs is 1. The van der Waals surface area contributed by atoms with Gasteiger partial charge in [0.1, 0.15) is 0 Å². The Morgan fingerprint density at radius 3 is 2.77 bits per heavy atom. The third-order valence-corrected chi connectivity index (χ3v) is 3.54.